The van der Waals surface area contributed by atoms with Crippen LogP contribution in [0.2, 0.25) is 0 Å². The number of nitroso groups, excluding NO2 is 1. The molecule has 1 aromatic rings. The predicted octanol–water partition coefficient (Wildman–Crippen LogP) is 2.18. The van der Waals surface area contributed by atoms with Gasteiger partial charge in [0.05, 0.1) is 12.7 Å². The van der Waals surface area contributed by atoms with Crippen LogP contribution in [0, 0.1) is 16.5 Å². The van der Waals surface area contributed by atoms with E-state index < -0.39 is 22.9 Å². The Morgan fingerprint density at radius 3 is 2.57 bits per heavy atom. The number of halogens is 2. The average molecular weight is 201 g/mol. The summed E-state index contributed by atoms with van der Waals surface area (Å²) in [4.78, 5) is 20.4. The summed E-state index contributed by atoms with van der Waals surface area (Å²) in [6, 6.07) is 0.726. The molecule has 0 saturated carbocycles. The summed E-state index contributed by atoms with van der Waals surface area (Å²) in [5.41, 5.74) is -1.54. The van der Waals surface area contributed by atoms with Crippen LogP contribution in [-0.4, -0.2) is 13.4 Å². The lowest BCUT2D eigenvalue weighted by atomic mass is 10.1. The van der Waals surface area contributed by atoms with E-state index in [-0.39, 0.29) is 12.0 Å². The molecule has 0 N–H and O–H groups in total. The van der Waals surface area contributed by atoms with Gasteiger partial charge in [0.15, 0.2) is 23.5 Å². The zero-order valence-corrected chi connectivity index (χ0v) is 7.08. The second-order valence-corrected chi connectivity index (χ2v) is 2.35. The first-order valence-electron chi connectivity index (χ1n) is 3.50. The Morgan fingerprint density at radius 1 is 1.50 bits per heavy atom. The van der Waals surface area contributed by atoms with Crippen molar-refractivity contribution in [2.24, 2.45) is 5.18 Å². The fraction of sp³-hybridized carbons (Fsp3) is 0.125. The molecule has 0 bridgehead atoms. The number of ether oxygens (including phenoxy) is 1. The van der Waals surface area contributed by atoms with E-state index >= 15 is 0 Å². The van der Waals surface area contributed by atoms with Crippen molar-refractivity contribution in [3.05, 3.63) is 28.2 Å². The van der Waals surface area contributed by atoms with Crippen molar-refractivity contribution in [3.63, 3.8) is 0 Å². The Morgan fingerprint density at radius 2 is 2.14 bits per heavy atom. The molecule has 0 aliphatic heterocycles. The molecule has 0 saturated heterocycles. The molecule has 0 unspecified atom stereocenters. The summed E-state index contributed by atoms with van der Waals surface area (Å²) in [6.45, 7) is 0. The van der Waals surface area contributed by atoms with Crippen LogP contribution < -0.4 is 4.74 Å². The first-order valence-corrected chi connectivity index (χ1v) is 3.50. The number of rotatable bonds is 3. The standard InChI is InChI=1S/C8H5F2NO3/c1-14-6-2-5(9)4(3-12)7(10)8(6)11-13/h2-3H,1H3. The van der Waals surface area contributed by atoms with Gasteiger partial charge in [-0.1, -0.05) is 0 Å². The predicted molar refractivity (Wildman–Crippen MR) is 43.8 cm³/mol. The third-order valence-electron chi connectivity index (χ3n) is 1.62. The summed E-state index contributed by atoms with van der Waals surface area (Å²) in [5, 5.41) is 2.32. The van der Waals surface area contributed by atoms with Crippen molar-refractivity contribution >= 4 is 12.0 Å². The molecule has 14 heavy (non-hydrogen) atoms. The third-order valence-corrected chi connectivity index (χ3v) is 1.62. The van der Waals surface area contributed by atoms with E-state index in [0.717, 1.165) is 13.2 Å². The summed E-state index contributed by atoms with van der Waals surface area (Å²) < 4.78 is 30.6. The highest BCUT2D eigenvalue weighted by Gasteiger charge is 2.19. The van der Waals surface area contributed by atoms with Gasteiger partial charge in [0.25, 0.3) is 0 Å². The van der Waals surface area contributed by atoms with Crippen LogP contribution in [0.5, 0.6) is 5.75 Å². The zero-order chi connectivity index (χ0) is 10.7. The van der Waals surface area contributed by atoms with Gasteiger partial charge in [-0.05, 0) is 5.18 Å². The molecule has 0 radical (unpaired) electrons. The van der Waals surface area contributed by atoms with Crippen LogP contribution >= 0.6 is 0 Å². The van der Waals surface area contributed by atoms with E-state index in [1.807, 2.05) is 0 Å². The molecule has 0 aromatic heterocycles. The van der Waals surface area contributed by atoms with Gasteiger partial charge in [-0.15, -0.1) is 4.91 Å². The summed E-state index contributed by atoms with van der Waals surface area (Å²) in [6.07, 6.45) is -0.0290. The number of carbonyl (C=O) groups excluding carboxylic acids is 1. The molecule has 74 valence electrons. The molecule has 4 nitrogen and oxygen atoms in total. The summed E-state index contributed by atoms with van der Waals surface area (Å²) in [7, 11) is 1.13. The second-order valence-electron chi connectivity index (χ2n) is 2.35. The van der Waals surface area contributed by atoms with E-state index in [9.17, 15) is 18.5 Å². The van der Waals surface area contributed by atoms with Crippen LogP contribution in [0.1, 0.15) is 10.4 Å². The van der Waals surface area contributed by atoms with Gasteiger partial charge in [-0.25, -0.2) is 8.78 Å². The molecule has 0 amide bonds. The number of nitrogens with zero attached hydrogens (tertiary/aromatic N) is 1. The molecule has 0 fully saturated rings. The van der Waals surface area contributed by atoms with E-state index in [2.05, 4.69) is 9.91 Å². The first-order chi connectivity index (χ1) is 6.65. The second kappa shape index (κ2) is 3.91. The minimum Gasteiger partial charge on any atom is -0.494 e. The first kappa shape index (κ1) is 10.2. The van der Waals surface area contributed by atoms with Crippen LogP contribution in [0.3, 0.4) is 0 Å². The minimum absolute atomic E-state index is 0.0290. The van der Waals surface area contributed by atoms with E-state index in [1.165, 1.54) is 0 Å². The van der Waals surface area contributed by atoms with Crippen LogP contribution in [0.25, 0.3) is 0 Å². The fourth-order valence-corrected chi connectivity index (χ4v) is 0.950. The van der Waals surface area contributed by atoms with Crippen molar-refractivity contribution in [3.8, 4) is 5.75 Å². The number of hydrogen-bond acceptors (Lipinski definition) is 4. The monoisotopic (exact) mass is 201 g/mol. The molecular formula is C8H5F2NO3. The Bertz CT molecular complexity index is 393. The number of benzene rings is 1. The van der Waals surface area contributed by atoms with Crippen LogP contribution in [0.15, 0.2) is 11.2 Å². The van der Waals surface area contributed by atoms with Gasteiger partial charge in [-0.3, -0.25) is 4.79 Å². The van der Waals surface area contributed by atoms with Crippen molar-refractivity contribution in [1.82, 2.24) is 0 Å². The maximum absolute atomic E-state index is 13.1. The van der Waals surface area contributed by atoms with E-state index in [1.54, 1.807) is 0 Å². The lowest BCUT2D eigenvalue weighted by molar-refractivity contribution is 0.111. The van der Waals surface area contributed by atoms with Gasteiger partial charge in [0.1, 0.15) is 5.82 Å². The van der Waals surface area contributed by atoms with Crippen molar-refractivity contribution in [2.75, 3.05) is 7.11 Å². The van der Waals surface area contributed by atoms with Gasteiger partial charge < -0.3 is 4.74 Å². The Kier molecular flexibility index (Phi) is 2.85. The normalized spacial score (nSPS) is 9.64. The molecular weight excluding hydrogens is 196 g/mol. The number of aldehydes is 1. The summed E-state index contributed by atoms with van der Waals surface area (Å²) >= 11 is 0. The van der Waals surface area contributed by atoms with Gasteiger partial charge in [0.2, 0.25) is 0 Å². The summed E-state index contributed by atoms with van der Waals surface area (Å²) in [5.74, 6) is -2.76. The molecule has 0 atom stereocenters. The van der Waals surface area contributed by atoms with Gasteiger partial charge in [0, 0.05) is 6.07 Å². The van der Waals surface area contributed by atoms with E-state index in [0.29, 0.717) is 0 Å². The number of carbonyl (C=O) groups is 1. The largest absolute Gasteiger partial charge is 0.494 e. The van der Waals surface area contributed by atoms with Crippen molar-refractivity contribution in [1.29, 1.82) is 0 Å². The minimum atomic E-state index is -1.31. The lowest BCUT2D eigenvalue weighted by Crippen LogP contribution is -1.96. The van der Waals surface area contributed by atoms with Crippen molar-refractivity contribution in [2.45, 2.75) is 0 Å². The number of hydrogen-bond donors (Lipinski definition) is 0. The molecule has 0 spiro atoms. The SMILES string of the molecule is COc1cc(F)c(C=O)c(F)c1N=O. The quantitative estimate of drug-likeness (QED) is 0.556. The maximum Gasteiger partial charge on any atom is 0.186 e. The van der Waals surface area contributed by atoms with E-state index in [4.69, 9.17) is 0 Å². The molecule has 0 heterocycles. The number of methoxy groups -OCH3 is 1. The Hall–Kier alpha value is -1.85. The fourth-order valence-electron chi connectivity index (χ4n) is 0.950. The smallest absolute Gasteiger partial charge is 0.186 e. The van der Waals surface area contributed by atoms with Crippen LogP contribution in [-0.2, 0) is 0 Å². The highest BCUT2D eigenvalue weighted by molar-refractivity contribution is 5.79. The maximum atomic E-state index is 13.1. The molecule has 6 heteroatoms. The Balaban J connectivity index is 3.54. The molecule has 1 aromatic carbocycles. The Labute approximate surface area is 77.5 Å². The topological polar surface area (TPSA) is 55.7 Å². The highest BCUT2D eigenvalue weighted by Crippen LogP contribution is 2.33. The highest BCUT2D eigenvalue weighted by atomic mass is 19.1. The average Bonchev–Trinajstić information content (AvgIpc) is 2.17. The van der Waals surface area contributed by atoms with Gasteiger partial charge in [-0.2, -0.15) is 0 Å². The zero-order valence-electron chi connectivity index (χ0n) is 7.08. The third kappa shape index (κ3) is 1.46. The van der Waals surface area contributed by atoms with Crippen molar-refractivity contribution < 1.29 is 18.3 Å². The molecule has 0 aliphatic rings. The lowest BCUT2D eigenvalue weighted by Gasteiger charge is -2.05. The van der Waals surface area contributed by atoms with Gasteiger partial charge >= 0.3 is 0 Å². The van der Waals surface area contributed by atoms with Crippen LogP contribution in [0.4, 0.5) is 14.5 Å². The molecule has 1 rings (SSSR count). The molecule has 0 aliphatic carbocycles.